The Morgan fingerprint density at radius 2 is 0.800 bits per heavy atom. The molecular formula is H7NaO3S. The van der Waals surface area contributed by atoms with Gasteiger partial charge in [0.15, 0.2) is 0 Å². The predicted molar refractivity (Wildman–Crippen MR) is 19.5 cm³/mol. The fraction of sp³-hybridized carbons (Fsp3) is 0. The van der Waals surface area contributed by atoms with E-state index in [0.29, 0.717) is 0 Å². The molecule has 0 aliphatic rings. The van der Waals surface area contributed by atoms with Crippen molar-refractivity contribution in [2.75, 3.05) is 0 Å². The van der Waals surface area contributed by atoms with E-state index in [9.17, 15) is 0 Å². The van der Waals surface area contributed by atoms with Gasteiger partial charge in [-0.2, -0.15) is 13.5 Å². The van der Waals surface area contributed by atoms with Crippen LogP contribution in [0.4, 0.5) is 0 Å². The van der Waals surface area contributed by atoms with E-state index in [4.69, 9.17) is 0 Å². The van der Waals surface area contributed by atoms with E-state index in [1.807, 2.05) is 0 Å². The summed E-state index contributed by atoms with van der Waals surface area (Å²) in [4.78, 5) is 0. The molecule has 3 nitrogen and oxygen atoms in total. The van der Waals surface area contributed by atoms with Crippen molar-refractivity contribution in [1.29, 1.82) is 0 Å². The SMILES string of the molecule is O.O.S.[Na+].[OH-]. The molecule has 0 fully saturated rings. The maximum Gasteiger partial charge on any atom is 1.00 e. The summed E-state index contributed by atoms with van der Waals surface area (Å²) in [6.07, 6.45) is 0. The molecule has 0 saturated heterocycles. The van der Waals surface area contributed by atoms with Gasteiger partial charge in [0, 0.05) is 0 Å². The van der Waals surface area contributed by atoms with Gasteiger partial charge < -0.3 is 16.4 Å². The van der Waals surface area contributed by atoms with E-state index in [1.54, 1.807) is 0 Å². The molecule has 0 aliphatic heterocycles. The zero-order valence-electron chi connectivity index (χ0n) is 2.95. The minimum atomic E-state index is 0. The summed E-state index contributed by atoms with van der Waals surface area (Å²) in [6.45, 7) is 0. The number of hydrogen-bond donors (Lipinski definition) is 0. The van der Waals surface area contributed by atoms with Crippen molar-refractivity contribution in [3.05, 3.63) is 0 Å². The first-order valence-electron chi connectivity index (χ1n) is 0. The largest absolute Gasteiger partial charge is 1.00 e. The van der Waals surface area contributed by atoms with Crippen LogP contribution in [0.5, 0.6) is 0 Å². The maximum atomic E-state index is 0. The van der Waals surface area contributed by atoms with Crippen LogP contribution >= 0.6 is 13.5 Å². The van der Waals surface area contributed by atoms with Gasteiger partial charge in [-0.05, 0) is 0 Å². The van der Waals surface area contributed by atoms with E-state index in [1.165, 1.54) is 0 Å². The van der Waals surface area contributed by atoms with Gasteiger partial charge in [-0.15, -0.1) is 0 Å². The number of rotatable bonds is 0. The summed E-state index contributed by atoms with van der Waals surface area (Å²) in [5.74, 6) is 0. The molecule has 0 aromatic heterocycles. The summed E-state index contributed by atoms with van der Waals surface area (Å²) >= 11 is 0. The molecular weight excluding hydrogens is 103 g/mol. The molecule has 5 heteroatoms. The molecule has 0 aromatic rings. The van der Waals surface area contributed by atoms with Crippen LogP contribution < -0.4 is 29.6 Å². The maximum absolute atomic E-state index is 0. The Hall–Kier alpha value is 1.23. The zero-order chi connectivity index (χ0) is 0. The minimum absolute atomic E-state index is 0. The van der Waals surface area contributed by atoms with Crippen LogP contribution in [0.15, 0.2) is 0 Å². The quantitative estimate of drug-likeness (QED) is 0.288. The Morgan fingerprint density at radius 3 is 0.800 bits per heavy atom. The monoisotopic (exact) mass is 110 g/mol. The fourth-order valence-electron chi connectivity index (χ4n) is 0. The molecule has 0 rings (SSSR count). The Balaban J connectivity index is 0. The normalized spacial score (nSPS) is 0. The third-order valence-corrected chi connectivity index (χ3v) is 0. The van der Waals surface area contributed by atoms with Crippen LogP contribution in [0, 0.1) is 0 Å². The second-order valence-corrected chi connectivity index (χ2v) is 0. The van der Waals surface area contributed by atoms with Crippen LogP contribution in [0.25, 0.3) is 0 Å². The van der Waals surface area contributed by atoms with Gasteiger partial charge in [0.2, 0.25) is 0 Å². The average Bonchev–Trinajstić information content (AvgIpc) is 0. The van der Waals surface area contributed by atoms with Gasteiger partial charge in [-0.3, -0.25) is 0 Å². The van der Waals surface area contributed by atoms with E-state index >= 15 is 0 Å². The summed E-state index contributed by atoms with van der Waals surface area (Å²) in [5, 5.41) is 0. The molecule has 0 atom stereocenters. The van der Waals surface area contributed by atoms with Gasteiger partial charge in [-0.1, -0.05) is 0 Å². The Bertz CT molecular complexity index is 6.85. The van der Waals surface area contributed by atoms with E-state index in [0.717, 1.165) is 0 Å². The molecule has 32 valence electrons. The standard InChI is InChI=1S/Na.3H2O.H2S/h;4*1H2/q+1;;;;/p-1. The van der Waals surface area contributed by atoms with E-state index < -0.39 is 0 Å². The topological polar surface area (TPSA) is 93.0 Å². The van der Waals surface area contributed by atoms with Crippen molar-refractivity contribution in [2.45, 2.75) is 0 Å². The van der Waals surface area contributed by atoms with Gasteiger partial charge in [0.1, 0.15) is 0 Å². The number of hydrogen-bond acceptors (Lipinski definition) is 1. The first-order valence-corrected chi connectivity index (χ1v) is 0. The summed E-state index contributed by atoms with van der Waals surface area (Å²) < 4.78 is 0. The molecule has 0 heterocycles. The smallest absolute Gasteiger partial charge is 0.870 e. The first kappa shape index (κ1) is 113. The Morgan fingerprint density at radius 1 is 0.800 bits per heavy atom. The van der Waals surface area contributed by atoms with Crippen molar-refractivity contribution in [3.63, 3.8) is 0 Å². The first-order chi connectivity index (χ1) is 0. The van der Waals surface area contributed by atoms with Crippen molar-refractivity contribution >= 4 is 13.5 Å². The zero-order valence-corrected chi connectivity index (χ0v) is 5.95. The van der Waals surface area contributed by atoms with Gasteiger partial charge in [-0.25, -0.2) is 0 Å². The second-order valence-electron chi connectivity index (χ2n) is 0. The summed E-state index contributed by atoms with van der Waals surface area (Å²) in [6, 6.07) is 0. The van der Waals surface area contributed by atoms with E-state index in [2.05, 4.69) is 0 Å². The van der Waals surface area contributed by atoms with Gasteiger partial charge >= 0.3 is 29.6 Å². The molecule has 0 aromatic carbocycles. The predicted octanol–water partition coefficient (Wildman–Crippen LogP) is -4.71. The average molecular weight is 110 g/mol. The Labute approximate surface area is 59.4 Å². The van der Waals surface area contributed by atoms with Crippen LogP contribution in [0.1, 0.15) is 0 Å². The van der Waals surface area contributed by atoms with Crippen LogP contribution in [0.2, 0.25) is 0 Å². The van der Waals surface area contributed by atoms with Crippen LogP contribution in [-0.4, -0.2) is 16.4 Å². The third kappa shape index (κ3) is 36.1. The van der Waals surface area contributed by atoms with Crippen molar-refractivity contribution < 1.29 is 46.0 Å². The summed E-state index contributed by atoms with van der Waals surface area (Å²) in [5.41, 5.74) is 0. The molecule has 0 unspecified atom stereocenters. The third-order valence-electron chi connectivity index (χ3n) is 0. The van der Waals surface area contributed by atoms with Gasteiger partial charge in [0.05, 0.1) is 0 Å². The van der Waals surface area contributed by atoms with Crippen molar-refractivity contribution in [3.8, 4) is 0 Å². The second kappa shape index (κ2) is 61.9. The molecule has 0 aliphatic carbocycles. The van der Waals surface area contributed by atoms with Crippen LogP contribution in [-0.2, 0) is 0 Å². The molecule has 0 radical (unpaired) electrons. The van der Waals surface area contributed by atoms with Gasteiger partial charge in [0.25, 0.3) is 0 Å². The molecule has 0 saturated carbocycles. The molecule has 0 spiro atoms. The van der Waals surface area contributed by atoms with Crippen molar-refractivity contribution in [2.24, 2.45) is 0 Å². The summed E-state index contributed by atoms with van der Waals surface area (Å²) in [7, 11) is 0. The van der Waals surface area contributed by atoms with Crippen LogP contribution in [0.3, 0.4) is 0 Å². The fourth-order valence-corrected chi connectivity index (χ4v) is 0. The molecule has 5 N–H and O–H groups in total. The Kier molecular flexibility index (Phi) is 1390. The van der Waals surface area contributed by atoms with E-state index in [-0.39, 0.29) is 59.5 Å². The molecule has 0 bridgehead atoms. The molecule has 0 amide bonds. The minimum Gasteiger partial charge on any atom is -0.870 e. The van der Waals surface area contributed by atoms with Crippen molar-refractivity contribution in [1.82, 2.24) is 0 Å². The molecule has 5 heavy (non-hydrogen) atoms.